The van der Waals surface area contributed by atoms with E-state index in [9.17, 15) is 9.59 Å². The summed E-state index contributed by atoms with van der Waals surface area (Å²) in [4.78, 5) is 30.7. The molecule has 0 unspecified atom stereocenters. The van der Waals surface area contributed by atoms with Crippen LogP contribution in [-0.4, -0.2) is 61.1 Å². The molecule has 0 atom stereocenters. The molecule has 1 aromatic heterocycles. The van der Waals surface area contributed by atoms with E-state index in [2.05, 4.69) is 10.3 Å². The third kappa shape index (κ3) is 4.63. The van der Waals surface area contributed by atoms with E-state index < -0.39 is 0 Å². The number of benzene rings is 1. The van der Waals surface area contributed by atoms with Crippen molar-refractivity contribution in [2.75, 3.05) is 45.6 Å². The average molecular weight is 377 g/mol. The average Bonchev–Trinajstić information content (AvgIpc) is 2.69. The van der Waals surface area contributed by atoms with E-state index in [0.717, 1.165) is 39.3 Å². The fraction of sp³-hybridized carbons (Fsp3) is 0.500. The van der Waals surface area contributed by atoms with Gasteiger partial charge in [-0.2, -0.15) is 0 Å². The molecule has 7 nitrogen and oxygen atoms in total. The summed E-state index contributed by atoms with van der Waals surface area (Å²) in [5.74, 6) is 0.164. The van der Waals surface area contributed by atoms with E-state index in [4.69, 9.17) is 4.74 Å². The van der Waals surface area contributed by atoms with Crippen molar-refractivity contribution in [2.45, 2.75) is 18.1 Å². The number of nitrogens with zero attached hydrogens (tertiary/aromatic N) is 2. The Morgan fingerprint density at radius 3 is 2.88 bits per heavy atom. The Morgan fingerprint density at radius 2 is 2.12 bits per heavy atom. The minimum atomic E-state index is -0.0817. The molecule has 1 aromatic carbocycles. The summed E-state index contributed by atoms with van der Waals surface area (Å²) in [6.07, 6.45) is 0.892. The Kier molecular flexibility index (Phi) is 6.65. The number of morpholine rings is 1. The quantitative estimate of drug-likeness (QED) is 0.504. The van der Waals surface area contributed by atoms with Gasteiger partial charge in [0, 0.05) is 20.0 Å². The number of thioether (sulfide) groups is 1. The Labute approximate surface area is 156 Å². The van der Waals surface area contributed by atoms with Gasteiger partial charge in [-0.25, -0.2) is 4.98 Å². The molecular weight excluding hydrogens is 352 g/mol. The van der Waals surface area contributed by atoms with Crippen molar-refractivity contribution < 1.29 is 14.4 Å². The van der Waals surface area contributed by atoms with Crippen molar-refractivity contribution in [1.82, 2.24) is 14.9 Å². The van der Waals surface area contributed by atoms with Crippen LogP contribution in [0.1, 0.15) is 6.42 Å². The Hall–Kier alpha value is -1.90. The van der Waals surface area contributed by atoms with Crippen molar-refractivity contribution in [2.24, 2.45) is 0 Å². The van der Waals surface area contributed by atoms with Crippen LogP contribution in [0.3, 0.4) is 0 Å². The number of para-hydroxylation sites is 1. The highest BCUT2D eigenvalue weighted by Crippen LogP contribution is 2.17. The first-order valence-electron chi connectivity index (χ1n) is 8.93. The van der Waals surface area contributed by atoms with Gasteiger partial charge >= 0.3 is 0 Å². The lowest BCUT2D eigenvalue weighted by atomic mass is 10.2. The van der Waals surface area contributed by atoms with Gasteiger partial charge in [0.15, 0.2) is 5.16 Å². The molecule has 2 heterocycles. The van der Waals surface area contributed by atoms with Crippen molar-refractivity contribution in [3.63, 3.8) is 0 Å². The zero-order valence-electron chi connectivity index (χ0n) is 15.0. The van der Waals surface area contributed by atoms with Crippen LogP contribution >= 0.6 is 11.8 Å². The lowest BCUT2D eigenvalue weighted by Gasteiger charge is -2.24. The topological polar surface area (TPSA) is 77.7 Å². The smallest absolute Gasteiger partial charge is 0.262 e. The Balaban J connectivity index is 1.79. The predicted molar refractivity (Wildman–Crippen MR) is 102 cm³/mol. The lowest BCUT2D eigenvalue weighted by Crippen LogP contribution is -3.14. The molecule has 2 aromatic rings. The van der Waals surface area contributed by atoms with Gasteiger partial charge in [-0.3, -0.25) is 14.2 Å². The van der Waals surface area contributed by atoms with Crippen LogP contribution in [-0.2, 0) is 16.1 Å². The number of nitrogens with one attached hydrogen (secondary N) is 2. The van der Waals surface area contributed by atoms with Gasteiger partial charge in [0.05, 0.1) is 36.4 Å². The number of fused-ring (bicyclic) bond motifs is 1. The van der Waals surface area contributed by atoms with Gasteiger partial charge in [-0.05, 0) is 12.1 Å². The first-order chi connectivity index (χ1) is 12.7. The van der Waals surface area contributed by atoms with Crippen LogP contribution in [0.4, 0.5) is 0 Å². The summed E-state index contributed by atoms with van der Waals surface area (Å²) in [7, 11) is 1.61. The standard InChI is InChI=1S/C18H24N4O3S/c1-19-16(23)13-26-18-20-15-6-3-2-5-14(15)17(24)22(18)8-4-7-21-9-11-25-12-10-21/h2-3,5-6H,4,7-13H2,1H3,(H,19,23)/p+1. The summed E-state index contributed by atoms with van der Waals surface area (Å²) in [6.45, 7) is 5.26. The van der Waals surface area contributed by atoms with Crippen molar-refractivity contribution in [3.8, 4) is 0 Å². The predicted octanol–water partition coefficient (Wildman–Crippen LogP) is -0.460. The molecular formula is C18H25N4O3S+. The minimum absolute atomic E-state index is 0.0352. The third-order valence-corrected chi connectivity index (χ3v) is 5.53. The zero-order chi connectivity index (χ0) is 18.4. The molecule has 140 valence electrons. The maximum atomic E-state index is 12.9. The second-order valence-electron chi connectivity index (χ2n) is 6.30. The number of carbonyl (C=O) groups is 1. The van der Waals surface area contributed by atoms with Crippen LogP contribution in [0.5, 0.6) is 0 Å². The van der Waals surface area contributed by atoms with Gasteiger partial charge in [0.1, 0.15) is 13.1 Å². The maximum absolute atomic E-state index is 12.9. The number of hydrogen-bond donors (Lipinski definition) is 2. The highest BCUT2D eigenvalue weighted by atomic mass is 32.2. The summed E-state index contributed by atoms with van der Waals surface area (Å²) >= 11 is 1.31. The van der Waals surface area contributed by atoms with Gasteiger partial charge in [-0.1, -0.05) is 23.9 Å². The molecule has 0 radical (unpaired) electrons. The Bertz CT molecular complexity index is 818. The van der Waals surface area contributed by atoms with Gasteiger partial charge in [-0.15, -0.1) is 0 Å². The number of carbonyl (C=O) groups excluding carboxylic acids is 1. The van der Waals surface area contributed by atoms with E-state index in [0.29, 0.717) is 22.6 Å². The second-order valence-corrected chi connectivity index (χ2v) is 7.24. The fourth-order valence-corrected chi connectivity index (χ4v) is 3.95. The van der Waals surface area contributed by atoms with Crippen LogP contribution in [0, 0.1) is 0 Å². The number of hydrogen-bond acceptors (Lipinski definition) is 5. The fourth-order valence-electron chi connectivity index (χ4n) is 3.05. The number of amides is 1. The molecule has 1 aliphatic rings. The monoisotopic (exact) mass is 377 g/mol. The van der Waals surface area contributed by atoms with E-state index in [1.54, 1.807) is 11.6 Å². The zero-order valence-corrected chi connectivity index (χ0v) is 15.8. The summed E-state index contributed by atoms with van der Waals surface area (Å²) in [6, 6.07) is 7.36. The molecule has 26 heavy (non-hydrogen) atoms. The van der Waals surface area contributed by atoms with Crippen LogP contribution in [0.2, 0.25) is 0 Å². The molecule has 0 saturated carbocycles. The highest BCUT2D eigenvalue weighted by molar-refractivity contribution is 7.99. The van der Waals surface area contributed by atoms with Crippen molar-refractivity contribution in [1.29, 1.82) is 0 Å². The summed E-state index contributed by atoms with van der Waals surface area (Å²) in [5.41, 5.74) is 0.638. The normalized spacial score (nSPS) is 15.3. The van der Waals surface area contributed by atoms with Crippen LogP contribution in [0.25, 0.3) is 10.9 Å². The second kappa shape index (κ2) is 9.16. The largest absolute Gasteiger partial charge is 0.370 e. The highest BCUT2D eigenvalue weighted by Gasteiger charge is 2.16. The van der Waals surface area contributed by atoms with E-state index in [1.165, 1.54) is 16.7 Å². The van der Waals surface area contributed by atoms with Gasteiger partial charge in [0.25, 0.3) is 5.56 Å². The first-order valence-corrected chi connectivity index (χ1v) is 9.92. The van der Waals surface area contributed by atoms with Crippen molar-refractivity contribution >= 4 is 28.6 Å². The molecule has 1 amide bonds. The third-order valence-electron chi connectivity index (χ3n) is 4.55. The molecule has 1 fully saturated rings. The van der Waals surface area contributed by atoms with E-state index in [1.807, 2.05) is 24.3 Å². The van der Waals surface area contributed by atoms with Crippen LogP contribution in [0.15, 0.2) is 34.2 Å². The van der Waals surface area contributed by atoms with Gasteiger partial charge < -0.3 is 15.0 Å². The molecule has 1 saturated heterocycles. The molecule has 0 spiro atoms. The summed E-state index contributed by atoms with van der Waals surface area (Å²) in [5, 5.41) is 3.83. The Morgan fingerprint density at radius 1 is 1.35 bits per heavy atom. The number of aromatic nitrogens is 2. The van der Waals surface area contributed by atoms with Crippen molar-refractivity contribution in [3.05, 3.63) is 34.6 Å². The minimum Gasteiger partial charge on any atom is -0.370 e. The summed E-state index contributed by atoms with van der Waals surface area (Å²) < 4.78 is 7.11. The molecule has 3 rings (SSSR count). The lowest BCUT2D eigenvalue weighted by molar-refractivity contribution is -0.908. The number of quaternary nitrogens is 1. The number of ether oxygens (including phenoxy) is 1. The van der Waals surface area contributed by atoms with Gasteiger partial charge in [0.2, 0.25) is 5.91 Å². The molecule has 8 heteroatoms. The van der Waals surface area contributed by atoms with E-state index in [-0.39, 0.29) is 17.2 Å². The van der Waals surface area contributed by atoms with Crippen LogP contribution < -0.4 is 15.8 Å². The maximum Gasteiger partial charge on any atom is 0.262 e. The molecule has 0 aliphatic carbocycles. The van der Waals surface area contributed by atoms with E-state index >= 15 is 0 Å². The molecule has 1 aliphatic heterocycles. The number of rotatable bonds is 7. The molecule has 0 bridgehead atoms. The SMILES string of the molecule is CNC(=O)CSc1nc2ccccc2c(=O)n1CCC[NH+]1CCOCC1. The molecule has 2 N–H and O–H groups in total. The first kappa shape index (κ1) is 18.9.